The number of halogens is 1. The van der Waals surface area contributed by atoms with E-state index < -0.39 is 0 Å². The first-order valence-electron chi connectivity index (χ1n) is 7.59. The van der Waals surface area contributed by atoms with Crippen LogP contribution in [0, 0.1) is 0 Å². The van der Waals surface area contributed by atoms with Crippen LogP contribution in [0.1, 0.15) is 12.0 Å². The molecule has 6 nitrogen and oxygen atoms in total. The molecule has 2 heterocycles. The number of hydrogen-bond donors (Lipinski definition) is 1. The Hall–Kier alpha value is -1.50. The number of methoxy groups -OCH3 is 2. The van der Waals surface area contributed by atoms with Crippen LogP contribution in [0.25, 0.3) is 0 Å². The van der Waals surface area contributed by atoms with Gasteiger partial charge < -0.3 is 19.5 Å². The molecule has 1 amide bonds. The van der Waals surface area contributed by atoms with Gasteiger partial charge in [0.15, 0.2) is 11.5 Å². The fraction of sp³-hybridized carbons (Fsp3) is 0.562. The normalized spacial score (nSPS) is 24.7. The van der Waals surface area contributed by atoms with E-state index in [1.54, 1.807) is 14.2 Å². The van der Waals surface area contributed by atoms with Gasteiger partial charge >= 0.3 is 0 Å². The Labute approximate surface area is 140 Å². The SMILES string of the molecule is COc1ccc(CN2CCC3(CNC(=O)CO3)C2)c(Cl)c1OC. The summed E-state index contributed by atoms with van der Waals surface area (Å²) in [7, 11) is 3.17. The maximum atomic E-state index is 11.3. The molecule has 2 saturated heterocycles. The summed E-state index contributed by atoms with van der Waals surface area (Å²) >= 11 is 6.45. The van der Waals surface area contributed by atoms with E-state index in [0.29, 0.717) is 29.6 Å². The summed E-state index contributed by atoms with van der Waals surface area (Å²) in [6.45, 7) is 3.10. The van der Waals surface area contributed by atoms with Gasteiger partial charge in [0.25, 0.3) is 0 Å². The number of carbonyl (C=O) groups excluding carboxylic acids is 1. The van der Waals surface area contributed by atoms with Gasteiger partial charge in [-0.1, -0.05) is 17.7 Å². The predicted octanol–water partition coefficient (Wildman–Crippen LogP) is 1.45. The maximum Gasteiger partial charge on any atom is 0.246 e. The molecule has 1 aromatic carbocycles. The minimum atomic E-state index is -0.267. The van der Waals surface area contributed by atoms with Crippen molar-refractivity contribution < 1.29 is 19.0 Å². The van der Waals surface area contributed by atoms with Crippen LogP contribution in [-0.2, 0) is 16.1 Å². The van der Waals surface area contributed by atoms with Crippen LogP contribution in [-0.4, -0.2) is 56.9 Å². The molecule has 126 valence electrons. The van der Waals surface area contributed by atoms with Gasteiger partial charge in [0.05, 0.1) is 24.8 Å². The van der Waals surface area contributed by atoms with Gasteiger partial charge in [-0.05, 0) is 18.1 Å². The molecule has 7 heteroatoms. The van der Waals surface area contributed by atoms with E-state index in [-0.39, 0.29) is 18.1 Å². The second-order valence-corrected chi connectivity index (χ2v) is 6.36. The Morgan fingerprint density at radius 3 is 2.87 bits per heavy atom. The van der Waals surface area contributed by atoms with Crippen molar-refractivity contribution in [2.45, 2.75) is 18.6 Å². The Morgan fingerprint density at radius 1 is 1.39 bits per heavy atom. The van der Waals surface area contributed by atoms with Crippen LogP contribution in [0.5, 0.6) is 11.5 Å². The minimum Gasteiger partial charge on any atom is -0.493 e. The molecule has 0 bridgehead atoms. The number of likely N-dealkylation sites (tertiary alicyclic amines) is 1. The largest absolute Gasteiger partial charge is 0.493 e. The smallest absolute Gasteiger partial charge is 0.246 e. The Bertz CT molecular complexity index is 598. The summed E-state index contributed by atoms with van der Waals surface area (Å²) in [4.78, 5) is 13.5. The highest BCUT2D eigenvalue weighted by Crippen LogP contribution is 2.38. The van der Waals surface area contributed by atoms with Gasteiger partial charge in [-0.25, -0.2) is 0 Å². The summed E-state index contributed by atoms with van der Waals surface area (Å²) in [5.41, 5.74) is 0.720. The summed E-state index contributed by atoms with van der Waals surface area (Å²) in [5.74, 6) is 1.14. The van der Waals surface area contributed by atoms with Gasteiger partial charge in [0.1, 0.15) is 6.61 Å². The fourth-order valence-corrected chi connectivity index (χ4v) is 3.49. The van der Waals surface area contributed by atoms with Crippen LogP contribution >= 0.6 is 11.6 Å². The van der Waals surface area contributed by atoms with Gasteiger partial charge in [0.2, 0.25) is 5.91 Å². The number of carbonyl (C=O) groups is 1. The zero-order chi connectivity index (χ0) is 16.4. The lowest BCUT2D eigenvalue weighted by Gasteiger charge is -2.33. The molecule has 3 rings (SSSR count). The van der Waals surface area contributed by atoms with E-state index in [9.17, 15) is 4.79 Å². The molecule has 0 saturated carbocycles. The number of nitrogens with zero attached hydrogens (tertiary/aromatic N) is 1. The first-order valence-corrected chi connectivity index (χ1v) is 7.97. The second kappa shape index (κ2) is 6.55. The molecule has 1 unspecified atom stereocenters. The topological polar surface area (TPSA) is 60.0 Å². The van der Waals surface area contributed by atoms with E-state index >= 15 is 0 Å². The standard InChI is InChI=1S/C16H21ClN2O4/c1-21-12-4-3-11(14(17)15(12)22-2)7-19-6-5-16(10-19)9-18-13(20)8-23-16/h3-4H,5-10H2,1-2H3,(H,18,20). The highest BCUT2D eigenvalue weighted by atomic mass is 35.5. The molecular weight excluding hydrogens is 320 g/mol. The van der Waals surface area contributed by atoms with E-state index in [4.69, 9.17) is 25.8 Å². The number of morpholine rings is 1. The first kappa shape index (κ1) is 16.4. The fourth-order valence-electron chi connectivity index (χ4n) is 3.20. The summed E-state index contributed by atoms with van der Waals surface area (Å²) < 4.78 is 16.4. The molecule has 23 heavy (non-hydrogen) atoms. The van der Waals surface area contributed by atoms with Crippen LogP contribution in [0.15, 0.2) is 12.1 Å². The number of ether oxygens (including phenoxy) is 3. The van der Waals surface area contributed by atoms with Crippen LogP contribution < -0.4 is 14.8 Å². The third-order valence-electron chi connectivity index (χ3n) is 4.47. The summed E-state index contributed by atoms with van der Waals surface area (Å²) in [6.07, 6.45) is 0.901. The third kappa shape index (κ3) is 3.24. The highest BCUT2D eigenvalue weighted by molar-refractivity contribution is 6.33. The summed E-state index contributed by atoms with van der Waals surface area (Å²) in [6, 6.07) is 3.82. The van der Waals surface area contributed by atoms with Crippen LogP contribution in [0.4, 0.5) is 0 Å². The molecule has 2 aliphatic rings. The third-order valence-corrected chi connectivity index (χ3v) is 4.89. The molecule has 2 fully saturated rings. The van der Waals surface area contributed by atoms with Crippen molar-refractivity contribution in [2.75, 3.05) is 40.5 Å². The van der Waals surface area contributed by atoms with Crippen molar-refractivity contribution in [1.82, 2.24) is 10.2 Å². The second-order valence-electron chi connectivity index (χ2n) is 5.98. The molecule has 1 N–H and O–H groups in total. The zero-order valence-electron chi connectivity index (χ0n) is 13.4. The predicted molar refractivity (Wildman–Crippen MR) is 86.1 cm³/mol. The number of amides is 1. The molecule has 1 aromatic rings. The number of benzene rings is 1. The highest BCUT2D eigenvalue weighted by Gasteiger charge is 2.42. The quantitative estimate of drug-likeness (QED) is 0.899. The van der Waals surface area contributed by atoms with Gasteiger partial charge in [-0.2, -0.15) is 0 Å². The Morgan fingerprint density at radius 2 is 2.22 bits per heavy atom. The van der Waals surface area contributed by atoms with Crippen molar-refractivity contribution in [2.24, 2.45) is 0 Å². The molecule has 0 radical (unpaired) electrons. The molecule has 0 aliphatic carbocycles. The average Bonchev–Trinajstić information content (AvgIpc) is 2.95. The average molecular weight is 341 g/mol. The lowest BCUT2D eigenvalue weighted by atomic mass is 10.0. The Balaban J connectivity index is 1.70. The lowest BCUT2D eigenvalue weighted by Crippen LogP contribution is -2.53. The van der Waals surface area contributed by atoms with Crippen LogP contribution in [0.3, 0.4) is 0 Å². The number of nitrogens with one attached hydrogen (secondary N) is 1. The first-order chi connectivity index (χ1) is 11.1. The lowest BCUT2D eigenvalue weighted by molar-refractivity contribution is -0.142. The maximum absolute atomic E-state index is 11.3. The van der Waals surface area contributed by atoms with Crippen molar-refractivity contribution in [3.05, 3.63) is 22.7 Å². The van der Waals surface area contributed by atoms with E-state index in [1.165, 1.54) is 0 Å². The molecule has 1 atom stereocenters. The van der Waals surface area contributed by atoms with Crippen molar-refractivity contribution in [3.63, 3.8) is 0 Å². The van der Waals surface area contributed by atoms with Crippen LogP contribution in [0.2, 0.25) is 5.02 Å². The van der Waals surface area contributed by atoms with Gasteiger partial charge in [0, 0.05) is 26.2 Å². The molecular formula is C16H21ClN2O4. The zero-order valence-corrected chi connectivity index (χ0v) is 14.1. The van der Waals surface area contributed by atoms with Crippen molar-refractivity contribution in [1.29, 1.82) is 0 Å². The van der Waals surface area contributed by atoms with Gasteiger partial charge in [-0.3, -0.25) is 9.69 Å². The van der Waals surface area contributed by atoms with Gasteiger partial charge in [-0.15, -0.1) is 0 Å². The molecule has 0 aromatic heterocycles. The van der Waals surface area contributed by atoms with E-state index in [0.717, 1.165) is 25.1 Å². The monoisotopic (exact) mass is 340 g/mol. The van der Waals surface area contributed by atoms with E-state index in [2.05, 4.69) is 10.2 Å². The summed E-state index contributed by atoms with van der Waals surface area (Å²) in [5, 5.41) is 3.47. The van der Waals surface area contributed by atoms with E-state index in [1.807, 2.05) is 12.1 Å². The molecule has 1 spiro atoms. The van der Waals surface area contributed by atoms with Crippen molar-refractivity contribution in [3.8, 4) is 11.5 Å². The van der Waals surface area contributed by atoms with Crippen molar-refractivity contribution >= 4 is 17.5 Å². The number of hydrogen-bond acceptors (Lipinski definition) is 5. The number of rotatable bonds is 4. The molecule has 2 aliphatic heterocycles. The minimum absolute atomic E-state index is 0.0444. The Kier molecular flexibility index (Phi) is 4.66.